The molecule has 0 atom stereocenters. The molecule has 0 radical (unpaired) electrons. The van der Waals surface area contributed by atoms with E-state index in [4.69, 9.17) is 0 Å². The van der Waals surface area contributed by atoms with Gasteiger partial charge in [-0.1, -0.05) is 0 Å². The van der Waals surface area contributed by atoms with E-state index in [2.05, 4.69) is 16.4 Å². The summed E-state index contributed by atoms with van der Waals surface area (Å²) in [5.74, 6) is 0. The molecule has 3 rings (SSSR count). The predicted octanol–water partition coefficient (Wildman–Crippen LogP) is 1.25. The van der Waals surface area contributed by atoms with Crippen molar-refractivity contribution in [3.63, 3.8) is 0 Å². The molecule has 74 valence electrons. The zero-order valence-electron chi connectivity index (χ0n) is 8.35. The number of aromatic nitrogens is 4. The second kappa shape index (κ2) is 3.22. The van der Waals surface area contributed by atoms with Crippen LogP contribution in [0.25, 0.3) is 22.1 Å². The van der Waals surface area contributed by atoms with Gasteiger partial charge in [0, 0.05) is 0 Å². The van der Waals surface area contributed by atoms with E-state index in [0.717, 1.165) is 33.2 Å². The Morgan fingerprint density at radius 1 is 0.800 bits per heavy atom. The number of rotatable bonds is 0. The summed E-state index contributed by atoms with van der Waals surface area (Å²) in [5.41, 5.74) is 6.24. The van der Waals surface area contributed by atoms with Gasteiger partial charge in [0.05, 0.1) is 0 Å². The van der Waals surface area contributed by atoms with E-state index in [1.54, 1.807) is 12.4 Å². The molecule has 0 unspecified atom stereocenters. The van der Waals surface area contributed by atoms with Gasteiger partial charge in [0.25, 0.3) is 0 Å². The van der Waals surface area contributed by atoms with E-state index in [-0.39, 0.29) is 0 Å². The molecule has 3 aromatic rings. The van der Waals surface area contributed by atoms with Crippen molar-refractivity contribution in [1.29, 1.82) is 0 Å². The third kappa shape index (κ3) is 1.20. The summed E-state index contributed by atoms with van der Waals surface area (Å²) >= 11 is -0.559. The first-order valence-corrected chi connectivity index (χ1v) is 6.69. The Hall–Kier alpha value is -1.05. The SMILES string of the molecule is Cc1c2nccnc2c(C)c2n[te]nc12. The quantitative estimate of drug-likeness (QED) is 0.586. The summed E-state index contributed by atoms with van der Waals surface area (Å²) in [6.45, 7) is 4.10. The van der Waals surface area contributed by atoms with Crippen LogP contribution in [0.5, 0.6) is 0 Å². The van der Waals surface area contributed by atoms with Crippen LogP contribution in [0.2, 0.25) is 0 Å². The molecule has 0 saturated heterocycles. The fourth-order valence-corrected chi connectivity index (χ4v) is 3.65. The van der Waals surface area contributed by atoms with E-state index in [9.17, 15) is 0 Å². The maximum absolute atomic E-state index is 4.51. The van der Waals surface area contributed by atoms with Crippen molar-refractivity contribution in [3.8, 4) is 0 Å². The molecule has 0 aliphatic rings. The first-order valence-electron chi connectivity index (χ1n) is 4.61. The molecule has 0 bridgehead atoms. The van der Waals surface area contributed by atoms with E-state index in [0.29, 0.717) is 0 Å². The van der Waals surface area contributed by atoms with Gasteiger partial charge in [0.1, 0.15) is 0 Å². The van der Waals surface area contributed by atoms with E-state index in [1.807, 2.05) is 13.8 Å². The number of nitrogens with zero attached hydrogens (tertiary/aromatic N) is 4. The Morgan fingerprint density at radius 2 is 1.27 bits per heavy atom. The molecule has 0 aliphatic heterocycles. The van der Waals surface area contributed by atoms with Crippen molar-refractivity contribution in [3.05, 3.63) is 23.5 Å². The number of benzene rings is 1. The normalized spacial score (nSPS) is 11.3. The number of hydrogen-bond acceptors (Lipinski definition) is 4. The van der Waals surface area contributed by atoms with Crippen LogP contribution in [0.15, 0.2) is 12.4 Å². The van der Waals surface area contributed by atoms with Crippen LogP contribution >= 0.6 is 0 Å². The van der Waals surface area contributed by atoms with Crippen LogP contribution in [0.4, 0.5) is 0 Å². The van der Waals surface area contributed by atoms with Crippen molar-refractivity contribution >= 4 is 43.1 Å². The molecule has 0 amide bonds. The molecule has 1 aromatic carbocycles. The minimum absolute atomic E-state index is 0.559. The second-order valence-electron chi connectivity index (χ2n) is 3.46. The Labute approximate surface area is 96.8 Å². The van der Waals surface area contributed by atoms with E-state index < -0.39 is 21.0 Å². The Kier molecular flexibility index (Phi) is 1.98. The van der Waals surface area contributed by atoms with Crippen molar-refractivity contribution in [2.24, 2.45) is 0 Å². The topological polar surface area (TPSA) is 51.6 Å². The Bertz CT molecular complexity index is 603. The molecule has 15 heavy (non-hydrogen) atoms. The van der Waals surface area contributed by atoms with Gasteiger partial charge in [0.2, 0.25) is 0 Å². The van der Waals surface area contributed by atoms with Crippen molar-refractivity contribution < 1.29 is 0 Å². The fourth-order valence-electron chi connectivity index (χ4n) is 1.79. The van der Waals surface area contributed by atoms with Gasteiger partial charge in [-0.2, -0.15) is 0 Å². The predicted molar refractivity (Wildman–Crippen MR) is 59.0 cm³/mol. The number of fused-ring (bicyclic) bond motifs is 2. The molecular formula is C10H8N4Te. The zero-order valence-corrected chi connectivity index (χ0v) is 10.7. The van der Waals surface area contributed by atoms with Crippen LogP contribution in [-0.4, -0.2) is 37.4 Å². The number of aryl methyl sites for hydroxylation is 2. The molecule has 4 nitrogen and oxygen atoms in total. The van der Waals surface area contributed by atoms with Crippen LogP contribution in [0, 0.1) is 13.8 Å². The average Bonchev–Trinajstić information content (AvgIpc) is 2.75. The molecule has 5 heteroatoms. The van der Waals surface area contributed by atoms with Gasteiger partial charge >= 0.3 is 96.8 Å². The van der Waals surface area contributed by atoms with Crippen molar-refractivity contribution in [1.82, 2.24) is 16.4 Å². The van der Waals surface area contributed by atoms with Crippen LogP contribution in [0.3, 0.4) is 0 Å². The summed E-state index contributed by atoms with van der Waals surface area (Å²) in [4.78, 5) is 8.74. The molecule has 2 aromatic heterocycles. The minimum atomic E-state index is -0.559. The standard InChI is InChI=1S/C10H8N4Te/c1-5-7-8(12-4-3-11-7)6(2)10-9(5)13-15-14-10/h3-4H,1-2H3. The third-order valence-electron chi connectivity index (χ3n) is 2.61. The summed E-state index contributed by atoms with van der Waals surface area (Å²) in [6, 6.07) is 0. The molecule has 0 fully saturated rings. The number of hydrogen-bond donors (Lipinski definition) is 0. The van der Waals surface area contributed by atoms with Crippen LogP contribution < -0.4 is 0 Å². The monoisotopic (exact) mass is 314 g/mol. The third-order valence-corrected chi connectivity index (χ3v) is 4.12. The van der Waals surface area contributed by atoms with E-state index >= 15 is 0 Å². The molecule has 0 saturated carbocycles. The summed E-state index contributed by atoms with van der Waals surface area (Å²) in [7, 11) is 0. The van der Waals surface area contributed by atoms with E-state index in [1.165, 1.54) is 0 Å². The average molecular weight is 312 g/mol. The van der Waals surface area contributed by atoms with Gasteiger partial charge in [0.15, 0.2) is 0 Å². The van der Waals surface area contributed by atoms with Crippen LogP contribution in [-0.2, 0) is 0 Å². The first kappa shape index (κ1) is 9.20. The fraction of sp³-hybridized carbons (Fsp3) is 0.200. The van der Waals surface area contributed by atoms with Gasteiger partial charge in [-0.3, -0.25) is 0 Å². The van der Waals surface area contributed by atoms with Gasteiger partial charge in [-0.25, -0.2) is 0 Å². The Morgan fingerprint density at radius 3 is 1.73 bits per heavy atom. The molecule has 0 N–H and O–H groups in total. The Balaban J connectivity index is 2.69. The summed E-state index contributed by atoms with van der Waals surface area (Å²) < 4.78 is 9.01. The summed E-state index contributed by atoms with van der Waals surface area (Å²) in [5, 5.41) is 0. The van der Waals surface area contributed by atoms with Crippen LogP contribution in [0.1, 0.15) is 11.1 Å². The zero-order chi connectivity index (χ0) is 10.4. The maximum atomic E-state index is 4.51. The molecular weight excluding hydrogens is 304 g/mol. The van der Waals surface area contributed by atoms with Gasteiger partial charge in [-0.05, 0) is 0 Å². The second-order valence-corrected chi connectivity index (χ2v) is 4.97. The summed E-state index contributed by atoms with van der Waals surface area (Å²) in [6.07, 6.45) is 3.45. The molecule has 0 aliphatic carbocycles. The first-order chi connectivity index (χ1) is 7.29. The molecule has 0 spiro atoms. The van der Waals surface area contributed by atoms with Gasteiger partial charge < -0.3 is 0 Å². The van der Waals surface area contributed by atoms with Crippen molar-refractivity contribution in [2.45, 2.75) is 13.8 Å². The van der Waals surface area contributed by atoms with Crippen molar-refractivity contribution in [2.75, 3.05) is 0 Å². The molecule has 2 heterocycles. The van der Waals surface area contributed by atoms with Gasteiger partial charge in [-0.15, -0.1) is 0 Å².